The Kier molecular flexibility index (Phi) is 8.14. The number of hydrogen-bond donors (Lipinski definition) is 1. The van der Waals surface area contributed by atoms with E-state index in [0.29, 0.717) is 19.3 Å². The van der Waals surface area contributed by atoms with Crippen LogP contribution in [0.1, 0.15) is 69.5 Å². The lowest BCUT2D eigenvalue weighted by molar-refractivity contribution is -0.175. The van der Waals surface area contributed by atoms with Crippen molar-refractivity contribution < 1.29 is 33.6 Å². The van der Waals surface area contributed by atoms with E-state index in [4.69, 9.17) is 18.9 Å². The number of hydrogen-bond acceptors (Lipinski definition) is 8. The van der Waals surface area contributed by atoms with Crippen molar-refractivity contribution in [2.24, 2.45) is 0 Å². The Labute approximate surface area is 230 Å². The second-order valence-electron chi connectivity index (χ2n) is 11.0. The summed E-state index contributed by atoms with van der Waals surface area (Å²) in [4.78, 5) is 26.5. The fraction of sp³-hybridized carbons (Fsp3) is 0.548. The van der Waals surface area contributed by atoms with Crippen molar-refractivity contribution in [1.29, 1.82) is 0 Å². The van der Waals surface area contributed by atoms with Crippen LogP contribution in [-0.4, -0.2) is 66.6 Å². The first-order valence-electron chi connectivity index (χ1n) is 13.9. The summed E-state index contributed by atoms with van der Waals surface area (Å²) < 4.78 is 23.1. The number of fused-ring (bicyclic) bond motifs is 6. The molecule has 2 saturated heterocycles. The van der Waals surface area contributed by atoms with Crippen LogP contribution in [-0.2, 0) is 25.5 Å². The predicted molar refractivity (Wildman–Crippen MR) is 146 cm³/mol. The van der Waals surface area contributed by atoms with Gasteiger partial charge in [0.05, 0.1) is 14.2 Å². The van der Waals surface area contributed by atoms with Gasteiger partial charge in [0.1, 0.15) is 29.8 Å². The van der Waals surface area contributed by atoms with Gasteiger partial charge in [-0.05, 0) is 67.5 Å². The van der Waals surface area contributed by atoms with Crippen molar-refractivity contribution >= 4 is 11.9 Å². The summed E-state index contributed by atoms with van der Waals surface area (Å²) in [5.41, 5.74) is 4.03. The van der Waals surface area contributed by atoms with Gasteiger partial charge in [0.25, 0.3) is 0 Å². The van der Waals surface area contributed by atoms with Crippen LogP contribution in [0.4, 0.5) is 0 Å². The third-order valence-corrected chi connectivity index (χ3v) is 8.53. The third kappa shape index (κ3) is 5.63. The molecule has 2 aromatic carbocycles. The highest BCUT2D eigenvalue weighted by Gasteiger charge is 2.49. The topological polar surface area (TPSA) is 94.5 Å². The van der Waals surface area contributed by atoms with Crippen LogP contribution in [0.3, 0.4) is 0 Å². The minimum atomic E-state index is -0.788. The van der Waals surface area contributed by atoms with Crippen LogP contribution in [0.15, 0.2) is 36.4 Å². The molecule has 0 unspecified atom stereocenters. The smallest absolute Gasteiger partial charge is 0.302 e. The van der Waals surface area contributed by atoms with Gasteiger partial charge in [0.2, 0.25) is 0 Å². The molecule has 8 heteroatoms. The lowest BCUT2D eigenvalue weighted by atomic mass is 9.78. The Balaban J connectivity index is 1.68. The molecule has 2 fully saturated rings. The molecule has 0 spiro atoms. The van der Waals surface area contributed by atoms with Crippen molar-refractivity contribution in [1.82, 2.24) is 4.90 Å². The fourth-order valence-electron chi connectivity index (χ4n) is 6.93. The zero-order chi connectivity index (χ0) is 27.7. The number of carbonyl (C=O) groups excluding carboxylic acids is 2. The summed E-state index contributed by atoms with van der Waals surface area (Å²) in [6, 6.07) is 12.2. The molecule has 0 saturated carbocycles. The molecule has 6 atom stereocenters. The summed E-state index contributed by atoms with van der Waals surface area (Å²) in [5, 5.41) is 11.4. The fourth-order valence-corrected chi connectivity index (χ4v) is 6.93. The second kappa shape index (κ2) is 11.6. The van der Waals surface area contributed by atoms with E-state index in [9.17, 15) is 14.7 Å². The van der Waals surface area contributed by atoms with E-state index >= 15 is 0 Å². The maximum absolute atomic E-state index is 12.1. The molecule has 4 bridgehead atoms. The SMILES string of the molecule is COc1ccc2cc1-c1cc(ccc1OC)[C@@H]1C[C@@H](OC(C)=O)[C@H](O)[C@@H]3CCC[C@H](C[C@H](OC(C)=O)CC2)N13. The van der Waals surface area contributed by atoms with Gasteiger partial charge < -0.3 is 24.1 Å². The highest BCUT2D eigenvalue weighted by Crippen LogP contribution is 2.46. The molecule has 0 aliphatic carbocycles. The number of aliphatic hydroxyl groups excluding tert-OH is 1. The summed E-state index contributed by atoms with van der Waals surface area (Å²) >= 11 is 0. The monoisotopic (exact) mass is 537 g/mol. The lowest BCUT2D eigenvalue weighted by Gasteiger charge is -2.54. The molecule has 0 amide bonds. The number of aliphatic hydroxyl groups is 1. The van der Waals surface area contributed by atoms with Crippen molar-refractivity contribution in [3.8, 4) is 22.6 Å². The number of rotatable bonds is 4. The Morgan fingerprint density at radius 2 is 1.56 bits per heavy atom. The van der Waals surface area contributed by atoms with E-state index < -0.39 is 18.2 Å². The van der Waals surface area contributed by atoms with Crippen LogP contribution in [0.25, 0.3) is 11.1 Å². The van der Waals surface area contributed by atoms with Gasteiger partial charge in [-0.25, -0.2) is 0 Å². The molecule has 5 rings (SSSR count). The van der Waals surface area contributed by atoms with Crippen LogP contribution in [0, 0.1) is 0 Å². The predicted octanol–water partition coefficient (Wildman–Crippen LogP) is 4.60. The van der Waals surface area contributed by atoms with Crippen LogP contribution < -0.4 is 9.47 Å². The Bertz CT molecular complexity index is 1210. The van der Waals surface area contributed by atoms with Gasteiger partial charge in [0.15, 0.2) is 0 Å². The van der Waals surface area contributed by atoms with Crippen molar-refractivity contribution in [2.45, 2.75) is 95.2 Å². The van der Waals surface area contributed by atoms with Gasteiger partial charge in [-0.15, -0.1) is 0 Å². The average Bonchev–Trinajstić information content (AvgIpc) is 2.92. The zero-order valence-electron chi connectivity index (χ0n) is 23.2. The Morgan fingerprint density at radius 3 is 2.26 bits per heavy atom. The second-order valence-corrected chi connectivity index (χ2v) is 11.0. The number of esters is 2. The van der Waals surface area contributed by atoms with E-state index in [0.717, 1.165) is 59.4 Å². The number of carbonyl (C=O) groups is 2. The highest BCUT2D eigenvalue weighted by atomic mass is 16.6. The molecule has 2 aromatic rings. The Hall–Kier alpha value is -3.10. The van der Waals surface area contributed by atoms with Crippen LogP contribution in [0.2, 0.25) is 0 Å². The molecule has 3 aliphatic heterocycles. The van der Waals surface area contributed by atoms with Crippen LogP contribution >= 0.6 is 0 Å². The molecule has 8 nitrogen and oxygen atoms in total. The number of methoxy groups -OCH3 is 2. The van der Waals surface area contributed by atoms with Crippen LogP contribution in [0.5, 0.6) is 11.5 Å². The van der Waals surface area contributed by atoms with Gasteiger partial charge in [-0.2, -0.15) is 0 Å². The molecular formula is C31H39NO7. The normalized spacial score (nSPS) is 28.5. The van der Waals surface area contributed by atoms with Crippen molar-refractivity contribution in [2.75, 3.05) is 14.2 Å². The molecular weight excluding hydrogens is 498 g/mol. The van der Waals surface area contributed by atoms with E-state index in [1.807, 2.05) is 12.1 Å². The number of piperidine rings is 2. The maximum atomic E-state index is 12.1. The molecule has 0 aromatic heterocycles. The first-order chi connectivity index (χ1) is 18.8. The van der Waals surface area contributed by atoms with Gasteiger partial charge in [0, 0.05) is 49.5 Å². The molecule has 3 aliphatic rings. The van der Waals surface area contributed by atoms with E-state index in [1.165, 1.54) is 13.8 Å². The van der Waals surface area contributed by atoms with Gasteiger partial charge in [-0.3, -0.25) is 14.5 Å². The molecule has 3 heterocycles. The summed E-state index contributed by atoms with van der Waals surface area (Å²) in [6.45, 7) is 2.85. The zero-order valence-corrected chi connectivity index (χ0v) is 23.2. The Morgan fingerprint density at radius 1 is 0.872 bits per heavy atom. The van der Waals surface area contributed by atoms with E-state index in [1.54, 1.807) is 14.2 Å². The summed E-state index contributed by atoms with van der Waals surface area (Å²) in [7, 11) is 3.33. The van der Waals surface area contributed by atoms with Crippen molar-refractivity contribution in [3.05, 3.63) is 47.5 Å². The summed E-state index contributed by atoms with van der Waals surface area (Å²) in [6.07, 6.45) is 3.65. The average molecular weight is 538 g/mol. The molecule has 210 valence electrons. The quantitative estimate of drug-likeness (QED) is 0.566. The molecule has 0 radical (unpaired) electrons. The third-order valence-electron chi connectivity index (χ3n) is 8.53. The molecule has 1 N–H and O–H groups in total. The first kappa shape index (κ1) is 27.5. The van der Waals surface area contributed by atoms with Gasteiger partial charge in [-0.1, -0.05) is 18.6 Å². The minimum Gasteiger partial charge on any atom is -0.496 e. The first-order valence-corrected chi connectivity index (χ1v) is 13.9. The number of aryl methyl sites for hydroxylation is 1. The largest absolute Gasteiger partial charge is 0.496 e. The summed E-state index contributed by atoms with van der Waals surface area (Å²) in [5.74, 6) is 0.803. The number of ether oxygens (including phenoxy) is 4. The van der Waals surface area contributed by atoms with Gasteiger partial charge >= 0.3 is 11.9 Å². The van der Waals surface area contributed by atoms with E-state index in [2.05, 4.69) is 29.2 Å². The number of nitrogens with zero attached hydrogens (tertiary/aromatic N) is 1. The van der Waals surface area contributed by atoms with Crippen molar-refractivity contribution in [3.63, 3.8) is 0 Å². The van der Waals surface area contributed by atoms with E-state index in [-0.39, 0.29) is 30.2 Å². The maximum Gasteiger partial charge on any atom is 0.302 e. The highest BCUT2D eigenvalue weighted by molar-refractivity contribution is 5.77. The minimum absolute atomic E-state index is 0.106. The standard InChI is InChI=1S/C31H39NO7/c1-18(33)38-23-11-8-20-9-12-28(36-3)24(14-20)25-15-21(10-13-29(25)37-4)27-17-30(39-19(2)34)31(35)26-7-5-6-22(16-23)32(26)27/h9-10,12-15,22-23,26-27,30-31,35H,5-8,11,16-17H2,1-4H3/t22-,23-,26+,27+,30-,31-/m1/s1. The number of benzene rings is 2. The lowest BCUT2D eigenvalue weighted by Crippen LogP contribution is -2.61. The molecule has 39 heavy (non-hydrogen) atoms.